The number of aliphatic carboxylic acids is 1. The summed E-state index contributed by atoms with van der Waals surface area (Å²) in [6.45, 7) is 3.80. The van der Waals surface area contributed by atoms with Crippen LogP contribution in [0.4, 0.5) is 4.79 Å². The lowest BCUT2D eigenvalue weighted by molar-refractivity contribution is -0.147. The van der Waals surface area contributed by atoms with E-state index in [-0.39, 0.29) is 19.2 Å². The van der Waals surface area contributed by atoms with Crippen LogP contribution in [0.1, 0.15) is 13.8 Å². The van der Waals surface area contributed by atoms with Gasteiger partial charge in [-0.25, -0.2) is 9.59 Å². The molecule has 0 bridgehead atoms. The topological polar surface area (TPSA) is 90.3 Å². The van der Waals surface area contributed by atoms with Gasteiger partial charge in [-0.2, -0.15) is 0 Å². The van der Waals surface area contributed by atoms with E-state index in [0.717, 1.165) is 0 Å². The number of ether oxygens (including phenoxy) is 1. The smallest absolute Gasteiger partial charge is 0.329 e. The molecule has 0 aromatic rings. The molecule has 1 saturated heterocycles. The van der Waals surface area contributed by atoms with Gasteiger partial charge >= 0.3 is 12.0 Å². The zero-order valence-corrected chi connectivity index (χ0v) is 10.9. The number of urea groups is 1. The van der Waals surface area contributed by atoms with Gasteiger partial charge in [0.05, 0.1) is 25.9 Å². The van der Waals surface area contributed by atoms with Crippen molar-refractivity contribution in [2.24, 2.45) is 0 Å². The van der Waals surface area contributed by atoms with E-state index in [9.17, 15) is 9.59 Å². The van der Waals surface area contributed by atoms with E-state index in [4.69, 9.17) is 14.9 Å². The summed E-state index contributed by atoms with van der Waals surface area (Å²) in [7, 11) is 1.46. The van der Waals surface area contributed by atoms with Crippen LogP contribution in [0.15, 0.2) is 0 Å². The Kier molecular flexibility index (Phi) is 4.53. The fourth-order valence-corrected chi connectivity index (χ4v) is 1.60. The van der Waals surface area contributed by atoms with Crippen LogP contribution >= 0.6 is 0 Å². The second kappa shape index (κ2) is 5.53. The van der Waals surface area contributed by atoms with Crippen molar-refractivity contribution in [3.8, 4) is 0 Å². The Morgan fingerprint density at radius 3 is 2.61 bits per heavy atom. The van der Waals surface area contributed by atoms with Gasteiger partial charge in [-0.15, -0.1) is 0 Å². The van der Waals surface area contributed by atoms with Crippen LogP contribution in [0.2, 0.25) is 0 Å². The zero-order chi connectivity index (χ0) is 13.9. The molecule has 1 unspecified atom stereocenters. The van der Waals surface area contributed by atoms with Crippen LogP contribution in [-0.2, 0) is 9.53 Å². The van der Waals surface area contributed by atoms with Crippen LogP contribution in [0.3, 0.4) is 0 Å². The molecule has 7 nitrogen and oxygen atoms in total. The first-order valence-electron chi connectivity index (χ1n) is 5.79. The van der Waals surface area contributed by atoms with E-state index in [2.05, 4.69) is 0 Å². The molecule has 0 spiro atoms. The van der Waals surface area contributed by atoms with Crippen molar-refractivity contribution >= 4 is 12.0 Å². The number of likely N-dealkylation sites (N-methyl/N-ethyl adjacent to an activating group) is 1. The molecule has 0 saturated carbocycles. The lowest BCUT2D eigenvalue weighted by Crippen LogP contribution is -2.58. The van der Waals surface area contributed by atoms with Crippen LogP contribution in [0.25, 0.3) is 0 Å². The summed E-state index contributed by atoms with van der Waals surface area (Å²) >= 11 is 0. The molecule has 7 heteroatoms. The summed E-state index contributed by atoms with van der Waals surface area (Å²) in [6.07, 6.45) is -0.399. The molecule has 0 radical (unpaired) electrons. The molecule has 1 aliphatic heterocycles. The third kappa shape index (κ3) is 2.91. The summed E-state index contributed by atoms with van der Waals surface area (Å²) in [5.74, 6) is -1.06. The number of carboxylic acids is 1. The van der Waals surface area contributed by atoms with E-state index in [1.165, 1.54) is 30.7 Å². The first-order valence-corrected chi connectivity index (χ1v) is 5.79. The average molecular weight is 260 g/mol. The number of carboxylic acid groups (broad SMARTS) is 1. The van der Waals surface area contributed by atoms with Gasteiger partial charge in [0, 0.05) is 13.6 Å². The van der Waals surface area contributed by atoms with Gasteiger partial charge < -0.3 is 24.7 Å². The summed E-state index contributed by atoms with van der Waals surface area (Å²) in [6, 6.07) is -0.371. The van der Waals surface area contributed by atoms with Gasteiger partial charge in [0.25, 0.3) is 0 Å². The number of hydrogen-bond acceptors (Lipinski definition) is 4. The number of carbonyl (C=O) groups excluding carboxylic acids is 1. The van der Waals surface area contributed by atoms with E-state index in [1.54, 1.807) is 0 Å². The monoisotopic (exact) mass is 260 g/mol. The van der Waals surface area contributed by atoms with Crippen LogP contribution in [0.5, 0.6) is 0 Å². The number of morpholine rings is 1. The zero-order valence-electron chi connectivity index (χ0n) is 10.9. The normalized spacial score (nSPS) is 20.7. The Hall–Kier alpha value is -1.34. The van der Waals surface area contributed by atoms with Crippen molar-refractivity contribution in [1.29, 1.82) is 0 Å². The Bertz CT molecular complexity index is 331. The Labute approximate surface area is 106 Å². The minimum atomic E-state index is -1.27. The molecule has 0 aromatic carbocycles. The Morgan fingerprint density at radius 2 is 2.11 bits per heavy atom. The van der Waals surface area contributed by atoms with Gasteiger partial charge in [-0.1, -0.05) is 0 Å². The van der Waals surface area contributed by atoms with Crippen molar-refractivity contribution in [2.75, 3.05) is 33.4 Å². The van der Waals surface area contributed by atoms with Gasteiger partial charge in [0.2, 0.25) is 0 Å². The highest BCUT2D eigenvalue weighted by Gasteiger charge is 2.38. The second-order valence-electron chi connectivity index (χ2n) is 4.83. The SMILES string of the molecule is CN(C(=O)N1CCOC(CO)C1)C(C)(C)C(=O)O. The standard InChI is InChI=1S/C11H20N2O5/c1-11(2,9(15)16)12(3)10(17)13-4-5-18-8(6-13)7-14/h8,14H,4-7H2,1-3H3,(H,15,16). The lowest BCUT2D eigenvalue weighted by atomic mass is 10.0. The van der Waals surface area contributed by atoms with E-state index in [0.29, 0.717) is 13.2 Å². The summed E-state index contributed by atoms with van der Waals surface area (Å²) in [5, 5.41) is 18.1. The van der Waals surface area contributed by atoms with Crippen LogP contribution in [0, 0.1) is 0 Å². The number of hydrogen-bond donors (Lipinski definition) is 2. The number of aliphatic hydroxyl groups excluding tert-OH is 1. The van der Waals surface area contributed by atoms with E-state index in [1.807, 2.05) is 0 Å². The number of aliphatic hydroxyl groups is 1. The van der Waals surface area contributed by atoms with Crippen molar-refractivity contribution in [3.05, 3.63) is 0 Å². The lowest BCUT2D eigenvalue weighted by Gasteiger charge is -2.39. The van der Waals surface area contributed by atoms with Gasteiger partial charge in [0.1, 0.15) is 5.54 Å². The maximum atomic E-state index is 12.2. The molecule has 2 N–H and O–H groups in total. The summed E-state index contributed by atoms with van der Waals surface area (Å²) in [5.41, 5.74) is -1.27. The molecule has 1 fully saturated rings. The predicted octanol–water partition coefficient (Wildman–Crippen LogP) is -0.405. The first-order chi connectivity index (χ1) is 8.30. The van der Waals surface area contributed by atoms with Crippen LogP contribution < -0.4 is 0 Å². The molecule has 1 atom stereocenters. The van der Waals surface area contributed by atoms with E-state index < -0.39 is 17.6 Å². The molecular weight excluding hydrogens is 240 g/mol. The van der Waals surface area contributed by atoms with Gasteiger partial charge in [-0.3, -0.25) is 0 Å². The molecule has 1 aliphatic rings. The van der Waals surface area contributed by atoms with Crippen molar-refractivity contribution < 1.29 is 24.5 Å². The van der Waals surface area contributed by atoms with Crippen LogP contribution in [-0.4, -0.2) is 77.0 Å². The highest BCUT2D eigenvalue weighted by atomic mass is 16.5. The molecule has 0 aliphatic carbocycles. The molecule has 2 amide bonds. The average Bonchev–Trinajstić information content (AvgIpc) is 2.36. The molecule has 1 rings (SSSR count). The Balaban J connectivity index is 2.72. The second-order valence-corrected chi connectivity index (χ2v) is 4.83. The first kappa shape index (κ1) is 14.7. The quantitative estimate of drug-likeness (QED) is 0.720. The van der Waals surface area contributed by atoms with E-state index >= 15 is 0 Å². The number of nitrogens with zero attached hydrogens (tertiary/aromatic N) is 2. The van der Waals surface area contributed by atoms with Gasteiger partial charge in [0.15, 0.2) is 0 Å². The fourth-order valence-electron chi connectivity index (χ4n) is 1.60. The number of rotatable bonds is 3. The third-order valence-corrected chi connectivity index (χ3v) is 3.26. The third-order valence-electron chi connectivity index (χ3n) is 3.26. The molecule has 0 aromatic heterocycles. The maximum absolute atomic E-state index is 12.2. The van der Waals surface area contributed by atoms with Crippen molar-refractivity contribution in [1.82, 2.24) is 9.80 Å². The molecule has 104 valence electrons. The van der Waals surface area contributed by atoms with Crippen molar-refractivity contribution in [2.45, 2.75) is 25.5 Å². The fraction of sp³-hybridized carbons (Fsp3) is 0.818. The highest BCUT2D eigenvalue weighted by Crippen LogP contribution is 2.16. The molecule has 18 heavy (non-hydrogen) atoms. The molecule has 1 heterocycles. The summed E-state index contributed by atoms with van der Waals surface area (Å²) < 4.78 is 5.24. The maximum Gasteiger partial charge on any atom is 0.329 e. The van der Waals surface area contributed by atoms with Crippen molar-refractivity contribution in [3.63, 3.8) is 0 Å². The minimum Gasteiger partial charge on any atom is -0.480 e. The molecular formula is C11H20N2O5. The minimum absolute atomic E-state index is 0.157. The Morgan fingerprint density at radius 1 is 1.50 bits per heavy atom. The number of carbonyl (C=O) groups is 2. The summed E-state index contributed by atoms with van der Waals surface area (Å²) in [4.78, 5) is 25.9. The number of amides is 2. The highest BCUT2D eigenvalue weighted by molar-refractivity contribution is 5.85. The van der Waals surface area contributed by atoms with Gasteiger partial charge in [-0.05, 0) is 13.8 Å². The largest absolute Gasteiger partial charge is 0.480 e. The predicted molar refractivity (Wildman–Crippen MR) is 63.3 cm³/mol.